The van der Waals surface area contributed by atoms with Crippen molar-refractivity contribution >= 4 is 11.7 Å². The molecule has 8 nitrogen and oxygen atoms in total. The number of carbonyl (C=O) groups is 1. The molecule has 1 aliphatic heterocycles. The molecule has 0 radical (unpaired) electrons. The van der Waals surface area contributed by atoms with Gasteiger partial charge < -0.3 is 19.7 Å². The molecule has 190 valence electrons. The second kappa shape index (κ2) is 11.7. The van der Waals surface area contributed by atoms with E-state index in [4.69, 9.17) is 9.47 Å². The van der Waals surface area contributed by atoms with Crippen molar-refractivity contribution in [1.82, 2.24) is 15.1 Å². The number of piperidine rings is 1. The number of nitrogens with one attached hydrogen (secondary N) is 1. The Hall–Kier alpha value is -3.81. The monoisotopic (exact) mass is 490 g/mol. The summed E-state index contributed by atoms with van der Waals surface area (Å²) >= 11 is 0. The maximum atomic E-state index is 12.8. The van der Waals surface area contributed by atoms with Gasteiger partial charge in [0.1, 0.15) is 5.82 Å². The van der Waals surface area contributed by atoms with Crippen LogP contribution in [0.25, 0.3) is 5.69 Å². The minimum Gasteiger partial charge on any atom is -0.493 e. The summed E-state index contributed by atoms with van der Waals surface area (Å²) in [6.45, 7) is 6.43. The third kappa shape index (κ3) is 5.87. The van der Waals surface area contributed by atoms with Crippen molar-refractivity contribution < 1.29 is 14.3 Å². The van der Waals surface area contributed by atoms with Crippen molar-refractivity contribution in [3.63, 3.8) is 0 Å². The van der Waals surface area contributed by atoms with Gasteiger partial charge in [0.15, 0.2) is 11.5 Å². The SMILES string of the molecule is CCOc1ccc(CNC(=O)C2CCN(c3ccc(=O)n(-c4ccc(CC)cc4)n3)CC2)cc1OC. The topological polar surface area (TPSA) is 85.7 Å². The number of hydrogen-bond donors (Lipinski definition) is 1. The molecule has 0 aliphatic carbocycles. The lowest BCUT2D eigenvalue weighted by atomic mass is 9.96. The first kappa shape index (κ1) is 25.3. The van der Waals surface area contributed by atoms with Gasteiger partial charge in [-0.1, -0.05) is 25.1 Å². The zero-order chi connectivity index (χ0) is 25.5. The van der Waals surface area contributed by atoms with Crippen LogP contribution < -0.4 is 25.2 Å². The fourth-order valence-electron chi connectivity index (χ4n) is 4.43. The zero-order valence-corrected chi connectivity index (χ0v) is 21.2. The molecule has 8 heteroatoms. The van der Waals surface area contributed by atoms with Gasteiger partial charge in [-0.15, -0.1) is 5.10 Å². The van der Waals surface area contributed by atoms with Crippen LogP contribution in [0.4, 0.5) is 5.82 Å². The molecule has 1 saturated heterocycles. The minimum atomic E-state index is -0.164. The van der Waals surface area contributed by atoms with Crippen molar-refractivity contribution in [2.45, 2.75) is 39.7 Å². The second-order valence-electron chi connectivity index (χ2n) is 8.86. The Kier molecular flexibility index (Phi) is 8.25. The van der Waals surface area contributed by atoms with Crippen molar-refractivity contribution in [3.8, 4) is 17.2 Å². The quantitative estimate of drug-likeness (QED) is 0.492. The van der Waals surface area contributed by atoms with Gasteiger partial charge in [-0.25, -0.2) is 0 Å². The largest absolute Gasteiger partial charge is 0.493 e. The molecule has 1 fully saturated rings. The molecule has 1 N–H and O–H groups in total. The van der Waals surface area contributed by atoms with Gasteiger partial charge in [0.05, 0.1) is 19.4 Å². The normalized spacial score (nSPS) is 13.9. The van der Waals surface area contributed by atoms with E-state index in [-0.39, 0.29) is 17.4 Å². The van der Waals surface area contributed by atoms with E-state index in [1.807, 2.05) is 49.4 Å². The molecular formula is C28H34N4O4. The molecule has 2 aromatic carbocycles. The predicted molar refractivity (Wildman–Crippen MR) is 140 cm³/mol. The van der Waals surface area contributed by atoms with E-state index in [9.17, 15) is 9.59 Å². The minimum absolute atomic E-state index is 0.0523. The summed E-state index contributed by atoms with van der Waals surface area (Å²) in [7, 11) is 1.61. The van der Waals surface area contributed by atoms with Crippen LogP contribution in [0.1, 0.15) is 37.8 Å². The number of benzene rings is 2. The molecule has 0 saturated carbocycles. The molecule has 1 amide bonds. The Morgan fingerprint density at radius 2 is 1.72 bits per heavy atom. The van der Waals surface area contributed by atoms with Crippen LogP contribution in [0.2, 0.25) is 0 Å². The van der Waals surface area contributed by atoms with Gasteiger partial charge >= 0.3 is 0 Å². The van der Waals surface area contributed by atoms with E-state index in [0.29, 0.717) is 37.7 Å². The summed E-state index contributed by atoms with van der Waals surface area (Å²) in [5.74, 6) is 2.09. The first-order valence-electron chi connectivity index (χ1n) is 12.5. The third-order valence-corrected chi connectivity index (χ3v) is 6.56. The average Bonchev–Trinajstić information content (AvgIpc) is 2.93. The maximum Gasteiger partial charge on any atom is 0.271 e. The van der Waals surface area contributed by atoms with Crippen LogP contribution >= 0.6 is 0 Å². The lowest BCUT2D eigenvalue weighted by Crippen LogP contribution is -2.41. The van der Waals surface area contributed by atoms with Gasteiger partial charge in [-0.2, -0.15) is 4.68 Å². The third-order valence-electron chi connectivity index (χ3n) is 6.56. The van der Waals surface area contributed by atoms with Crippen LogP contribution in [0.3, 0.4) is 0 Å². The Morgan fingerprint density at radius 3 is 2.39 bits per heavy atom. The Balaban J connectivity index is 1.34. The van der Waals surface area contributed by atoms with Crippen molar-refractivity contribution in [1.29, 1.82) is 0 Å². The summed E-state index contributed by atoms with van der Waals surface area (Å²) in [6.07, 6.45) is 2.40. The average molecular weight is 491 g/mol. The number of ether oxygens (including phenoxy) is 2. The fraction of sp³-hybridized carbons (Fsp3) is 0.393. The van der Waals surface area contributed by atoms with E-state index < -0.39 is 0 Å². The molecule has 3 aromatic rings. The summed E-state index contributed by atoms with van der Waals surface area (Å²) in [5, 5.41) is 7.67. The molecule has 2 heterocycles. The van der Waals surface area contributed by atoms with Gasteiger partial charge in [-0.3, -0.25) is 9.59 Å². The fourth-order valence-corrected chi connectivity index (χ4v) is 4.43. The van der Waals surface area contributed by atoms with E-state index in [1.54, 1.807) is 19.2 Å². The van der Waals surface area contributed by atoms with Gasteiger partial charge in [0.2, 0.25) is 5.91 Å². The van der Waals surface area contributed by atoms with Crippen molar-refractivity contribution in [2.75, 3.05) is 31.7 Å². The smallest absolute Gasteiger partial charge is 0.271 e. The number of anilines is 1. The zero-order valence-electron chi connectivity index (χ0n) is 21.2. The predicted octanol–water partition coefficient (Wildman–Crippen LogP) is 3.74. The standard InChI is InChI=1S/C28H34N4O4/c1-4-20-6-9-23(10-7-20)32-27(33)13-12-26(30-32)31-16-14-22(15-17-31)28(34)29-19-21-8-11-24(36-5-2)25(18-21)35-3/h6-13,18,22H,4-5,14-17,19H2,1-3H3,(H,29,34). The summed E-state index contributed by atoms with van der Waals surface area (Å²) in [4.78, 5) is 27.4. The van der Waals surface area contributed by atoms with Crippen LogP contribution in [0.15, 0.2) is 59.4 Å². The summed E-state index contributed by atoms with van der Waals surface area (Å²) in [6, 6.07) is 16.9. The maximum absolute atomic E-state index is 12.8. The number of carbonyl (C=O) groups excluding carboxylic acids is 1. The number of rotatable bonds is 9. The Morgan fingerprint density at radius 1 is 1.00 bits per heavy atom. The first-order valence-corrected chi connectivity index (χ1v) is 12.5. The highest BCUT2D eigenvalue weighted by Gasteiger charge is 2.26. The number of aryl methyl sites for hydroxylation is 1. The highest BCUT2D eigenvalue weighted by Crippen LogP contribution is 2.28. The molecule has 1 aliphatic rings. The van der Waals surface area contributed by atoms with Crippen LogP contribution in [-0.2, 0) is 17.8 Å². The number of amides is 1. The number of methoxy groups -OCH3 is 1. The van der Waals surface area contributed by atoms with Gasteiger partial charge in [0, 0.05) is 31.6 Å². The lowest BCUT2D eigenvalue weighted by molar-refractivity contribution is -0.125. The lowest BCUT2D eigenvalue weighted by Gasteiger charge is -2.32. The van der Waals surface area contributed by atoms with Crippen molar-refractivity contribution in [2.24, 2.45) is 5.92 Å². The van der Waals surface area contributed by atoms with Gasteiger partial charge in [0.25, 0.3) is 5.56 Å². The van der Waals surface area contributed by atoms with Crippen LogP contribution in [0, 0.1) is 5.92 Å². The molecule has 0 spiro atoms. The van der Waals surface area contributed by atoms with Crippen LogP contribution in [-0.4, -0.2) is 42.5 Å². The first-order chi connectivity index (χ1) is 17.5. The molecule has 0 unspecified atom stereocenters. The van der Waals surface area contributed by atoms with Gasteiger partial charge in [-0.05, 0) is 67.6 Å². The molecule has 0 bridgehead atoms. The Bertz CT molecular complexity index is 1230. The highest BCUT2D eigenvalue weighted by atomic mass is 16.5. The second-order valence-corrected chi connectivity index (χ2v) is 8.86. The Labute approximate surface area is 211 Å². The molecule has 1 aromatic heterocycles. The molecule has 36 heavy (non-hydrogen) atoms. The molecule has 4 rings (SSSR count). The highest BCUT2D eigenvalue weighted by molar-refractivity contribution is 5.79. The summed E-state index contributed by atoms with van der Waals surface area (Å²) in [5.41, 5.74) is 2.76. The van der Waals surface area contributed by atoms with Crippen molar-refractivity contribution in [3.05, 3.63) is 76.1 Å². The molecule has 0 atom stereocenters. The van der Waals surface area contributed by atoms with E-state index in [2.05, 4.69) is 22.2 Å². The number of aromatic nitrogens is 2. The van der Waals surface area contributed by atoms with Crippen LogP contribution in [0.5, 0.6) is 11.5 Å². The number of nitrogens with zero attached hydrogens (tertiary/aromatic N) is 3. The van der Waals surface area contributed by atoms with E-state index in [1.165, 1.54) is 10.2 Å². The molecular weight excluding hydrogens is 456 g/mol. The summed E-state index contributed by atoms with van der Waals surface area (Å²) < 4.78 is 12.4. The van der Waals surface area contributed by atoms with E-state index in [0.717, 1.165) is 36.3 Å². The van der Waals surface area contributed by atoms with E-state index >= 15 is 0 Å². The number of hydrogen-bond acceptors (Lipinski definition) is 6.